The minimum Gasteiger partial charge on any atom is -0.310 e. The summed E-state index contributed by atoms with van der Waals surface area (Å²) in [6.07, 6.45) is 6.16. The van der Waals surface area contributed by atoms with Crippen LogP contribution in [0.2, 0.25) is 0 Å². The molecule has 0 aliphatic heterocycles. The molecule has 4 nitrogen and oxygen atoms in total. The van der Waals surface area contributed by atoms with Crippen molar-refractivity contribution >= 4 is 0 Å². The van der Waals surface area contributed by atoms with Crippen LogP contribution in [0.4, 0.5) is 0 Å². The number of aromatic nitrogens is 2. The molecule has 0 bridgehead atoms. The zero-order chi connectivity index (χ0) is 11.2. The Bertz CT molecular complexity index is 297. The maximum atomic E-state index is 4.18. The first-order valence-electron chi connectivity index (χ1n) is 6.10. The van der Waals surface area contributed by atoms with E-state index in [4.69, 9.17) is 0 Å². The summed E-state index contributed by atoms with van der Waals surface area (Å²) in [5.41, 5.74) is 1.06. The Morgan fingerprint density at radius 2 is 2.38 bits per heavy atom. The van der Waals surface area contributed by atoms with Crippen molar-refractivity contribution in [2.75, 3.05) is 19.6 Å². The number of likely N-dealkylation sites (N-methyl/N-ethyl adjacent to an activating group) is 1. The van der Waals surface area contributed by atoms with E-state index in [1.54, 1.807) is 12.5 Å². The predicted octanol–water partition coefficient (Wildman–Crippen LogP) is 1.05. The maximum absolute atomic E-state index is 4.18. The smallest absolute Gasteiger partial charge is 0.115 e. The van der Waals surface area contributed by atoms with Crippen molar-refractivity contribution in [3.63, 3.8) is 0 Å². The van der Waals surface area contributed by atoms with Gasteiger partial charge >= 0.3 is 0 Å². The van der Waals surface area contributed by atoms with E-state index in [2.05, 4.69) is 27.1 Å². The Morgan fingerprint density at radius 1 is 1.50 bits per heavy atom. The standard InChI is InChI=1S/C12H20N4/c1-2-16(12-3-4-12)8-7-13-9-11-5-6-14-10-15-11/h5-6,10,12-13H,2-4,7-9H2,1H3. The van der Waals surface area contributed by atoms with E-state index in [0.29, 0.717) is 0 Å². The lowest BCUT2D eigenvalue weighted by Crippen LogP contribution is -2.33. The van der Waals surface area contributed by atoms with Gasteiger partial charge in [-0.1, -0.05) is 6.92 Å². The van der Waals surface area contributed by atoms with Gasteiger partial charge < -0.3 is 5.32 Å². The molecule has 4 heteroatoms. The zero-order valence-corrected chi connectivity index (χ0v) is 9.89. The van der Waals surface area contributed by atoms with E-state index < -0.39 is 0 Å². The first-order valence-corrected chi connectivity index (χ1v) is 6.10. The third kappa shape index (κ3) is 3.54. The molecule has 16 heavy (non-hydrogen) atoms. The van der Waals surface area contributed by atoms with Crippen molar-refractivity contribution in [1.29, 1.82) is 0 Å². The fourth-order valence-corrected chi connectivity index (χ4v) is 1.90. The van der Waals surface area contributed by atoms with Gasteiger partial charge in [-0.3, -0.25) is 4.90 Å². The van der Waals surface area contributed by atoms with Gasteiger partial charge in [0.15, 0.2) is 0 Å². The Morgan fingerprint density at radius 3 is 3.00 bits per heavy atom. The molecule has 1 aliphatic rings. The van der Waals surface area contributed by atoms with Crippen molar-refractivity contribution in [3.8, 4) is 0 Å². The van der Waals surface area contributed by atoms with Crippen LogP contribution in [0.1, 0.15) is 25.5 Å². The Hall–Kier alpha value is -1.00. The molecule has 1 heterocycles. The first kappa shape index (κ1) is 11.5. The van der Waals surface area contributed by atoms with Crippen LogP contribution in [0.15, 0.2) is 18.6 Å². The number of hydrogen-bond acceptors (Lipinski definition) is 4. The molecule has 1 aliphatic carbocycles. The molecule has 0 saturated heterocycles. The van der Waals surface area contributed by atoms with Crippen molar-refractivity contribution in [2.24, 2.45) is 0 Å². The maximum Gasteiger partial charge on any atom is 0.115 e. The van der Waals surface area contributed by atoms with Gasteiger partial charge in [0.25, 0.3) is 0 Å². The Balaban J connectivity index is 1.61. The summed E-state index contributed by atoms with van der Waals surface area (Å²) in [5, 5.41) is 3.42. The SMILES string of the molecule is CCN(CCNCc1ccncn1)C1CC1. The fraction of sp³-hybridized carbons (Fsp3) is 0.667. The molecule has 0 unspecified atom stereocenters. The van der Waals surface area contributed by atoms with Gasteiger partial charge in [-0.25, -0.2) is 9.97 Å². The van der Waals surface area contributed by atoms with Gasteiger partial charge in [-0.05, 0) is 25.5 Å². The molecule has 0 spiro atoms. The van der Waals surface area contributed by atoms with E-state index in [0.717, 1.165) is 31.4 Å². The van der Waals surface area contributed by atoms with Gasteiger partial charge in [-0.2, -0.15) is 0 Å². The van der Waals surface area contributed by atoms with Crippen LogP contribution in [0.25, 0.3) is 0 Å². The van der Waals surface area contributed by atoms with Gasteiger partial charge in [0.2, 0.25) is 0 Å². The minimum absolute atomic E-state index is 0.838. The van der Waals surface area contributed by atoms with Crippen molar-refractivity contribution < 1.29 is 0 Å². The van der Waals surface area contributed by atoms with E-state index in [-0.39, 0.29) is 0 Å². The summed E-state index contributed by atoms with van der Waals surface area (Å²) in [7, 11) is 0. The number of nitrogens with zero attached hydrogens (tertiary/aromatic N) is 3. The van der Waals surface area contributed by atoms with Crippen molar-refractivity contribution in [3.05, 3.63) is 24.3 Å². The Labute approximate surface area is 97.1 Å². The van der Waals surface area contributed by atoms with E-state index in [1.165, 1.54) is 19.4 Å². The number of rotatable bonds is 7. The highest BCUT2D eigenvalue weighted by molar-refractivity contribution is 4.96. The van der Waals surface area contributed by atoms with Crippen molar-refractivity contribution in [1.82, 2.24) is 20.2 Å². The molecule has 0 radical (unpaired) electrons. The summed E-state index contributed by atoms with van der Waals surface area (Å²) >= 11 is 0. The van der Waals surface area contributed by atoms with Crippen LogP contribution in [0.5, 0.6) is 0 Å². The second kappa shape index (κ2) is 5.92. The molecule has 0 atom stereocenters. The van der Waals surface area contributed by atoms with Crippen LogP contribution in [0.3, 0.4) is 0 Å². The number of nitrogens with one attached hydrogen (secondary N) is 1. The van der Waals surface area contributed by atoms with Crippen molar-refractivity contribution in [2.45, 2.75) is 32.4 Å². The molecular formula is C12H20N4. The van der Waals surface area contributed by atoms with Gasteiger partial charge in [0.1, 0.15) is 6.33 Å². The largest absolute Gasteiger partial charge is 0.310 e. The lowest BCUT2D eigenvalue weighted by atomic mass is 10.4. The quantitative estimate of drug-likeness (QED) is 0.697. The highest BCUT2D eigenvalue weighted by Crippen LogP contribution is 2.25. The van der Waals surface area contributed by atoms with E-state index in [9.17, 15) is 0 Å². The molecular weight excluding hydrogens is 200 g/mol. The summed E-state index contributed by atoms with van der Waals surface area (Å²) in [6.45, 7) is 6.42. The third-order valence-corrected chi connectivity index (χ3v) is 2.99. The third-order valence-electron chi connectivity index (χ3n) is 2.99. The summed E-state index contributed by atoms with van der Waals surface area (Å²) in [6, 6.07) is 2.82. The summed E-state index contributed by atoms with van der Waals surface area (Å²) < 4.78 is 0. The highest BCUT2D eigenvalue weighted by Gasteiger charge is 2.26. The minimum atomic E-state index is 0.838. The summed E-state index contributed by atoms with van der Waals surface area (Å²) in [4.78, 5) is 10.6. The molecule has 1 aromatic rings. The Kier molecular flexibility index (Phi) is 4.25. The molecule has 2 rings (SSSR count). The van der Waals surface area contributed by atoms with Crippen LogP contribution >= 0.6 is 0 Å². The first-order chi connectivity index (χ1) is 7.90. The topological polar surface area (TPSA) is 41.0 Å². The average Bonchev–Trinajstić information content (AvgIpc) is 3.15. The van der Waals surface area contributed by atoms with E-state index >= 15 is 0 Å². The molecule has 1 aromatic heterocycles. The molecule has 0 amide bonds. The zero-order valence-electron chi connectivity index (χ0n) is 9.89. The van der Waals surface area contributed by atoms with Crippen LogP contribution in [-0.2, 0) is 6.54 Å². The average molecular weight is 220 g/mol. The molecule has 88 valence electrons. The second-order valence-corrected chi connectivity index (χ2v) is 4.24. The molecule has 1 fully saturated rings. The highest BCUT2D eigenvalue weighted by atomic mass is 15.2. The summed E-state index contributed by atoms with van der Waals surface area (Å²) in [5.74, 6) is 0. The predicted molar refractivity (Wildman–Crippen MR) is 64.0 cm³/mol. The lowest BCUT2D eigenvalue weighted by Gasteiger charge is -2.19. The van der Waals surface area contributed by atoms with Gasteiger partial charge in [0, 0.05) is 31.9 Å². The molecule has 0 aromatic carbocycles. The lowest BCUT2D eigenvalue weighted by molar-refractivity contribution is 0.277. The van der Waals surface area contributed by atoms with Gasteiger partial charge in [0.05, 0.1) is 5.69 Å². The normalized spacial score (nSPS) is 15.6. The van der Waals surface area contributed by atoms with Crippen LogP contribution < -0.4 is 5.32 Å². The van der Waals surface area contributed by atoms with E-state index in [1.807, 2.05) is 6.07 Å². The van der Waals surface area contributed by atoms with Crippen LogP contribution in [-0.4, -0.2) is 40.5 Å². The fourth-order valence-electron chi connectivity index (χ4n) is 1.90. The molecule has 1 N–H and O–H groups in total. The van der Waals surface area contributed by atoms with Crippen LogP contribution in [0, 0.1) is 0 Å². The monoisotopic (exact) mass is 220 g/mol. The molecule has 1 saturated carbocycles. The number of hydrogen-bond donors (Lipinski definition) is 1. The van der Waals surface area contributed by atoms with Gasteiger partial charge in [-0.15, -0.1) is 0 Å². The second-order valence-electron chi connectivity index (χ2n) is 4.24.